The maximum Gasteiger partial charge on any atom is 0.152 e. The molecule has 0 saturated heterocycles. The van der Waals surface area contributed by atoms with Gasteiger partial charge in [0.1, 0.15) is 5.75 Å². The summed E-state index contributed by atoms with van der Waals surface area (Å²) in [6, 6.07) is 10.8. The molecule has 1 aromatic carbocycles. The van der Waals surface area contributed by atoms with Crippen LogP contribution in [0.1, 0.15) is 26.2 Å². The van der Waals surface area contributed by atoms with E-state index in [2.05, 4.69) is 37.3 Å². The first kappa shape index (κ1) is 10.1. The second-order valence-electron chi connectivity index (χ2n) is 4.46. The number of benzene rings is 1. The van der Waals surface area contributed by atoms with Crippen LogP contribution in [0.4, 0.5) is 0 Å². The zero-order valence-corrected chi connectivity index (χ0v) is 9.71. The topological polar surface area (TPSA) is 0 Å². The van der Waals surface area contributed by atoms with Gasteiger partial charge in [-0.05, 0) is 30.9 Å². The van der Waals surface area contributed by atoms with E-state index in [1.807, 2.05) is 0 Å². The number of hydrogen-bond donors (Lipinski definition) is 0. The number of rotatable bonds is 3. The van der Waals surface area contributed by atoms with Crippen molar-refractivity contribution in [1.82, 2.24) is 0 Å². The summed E-state index contributed by atoms with van der Waals surface area (Å²) in [5.41, 5.74) is 0. The van der Waals surface area contributed by atoms with E-state index < -0.39 is 0 Å². The van der Waals surface area contributed by atoms with Crippen LogP contribution in [0, 0.1) is 11.8 Å². The molecule has 76 valence electrons. The summed E-state index contributed by atoms with van der Waals surface area (Å²) >= 11 is 1.52. The Labute approximate surface area is 91.1 Å². The second-order valence-corrected chi connectivity index (χ2v) is 5.66. The molecule has 1 fully saturated rings. The van der Waals surface area contributed by atoms with Crippen molar-refractivity contribution < 1.29 is 0 Å². The van der Waals surface area contributed by atoms with E-state index in [1.165, 1.54) is 41.7 Å². The average Bonchev–Trinajstić information content (AvgIpc) is 2.63. The lowest BCUT2D eigenvalue weighted by atomic mass is 10.1. The summed E-state index contributed by atoms with van der Waals surface area (Å²) in [6.45, 7) is 2.39. The number of hydrogen-bond acceptors (Lipinski definition) is 0. The lowest BCUT2D eigenvalue weighted by molar-refractivity contribution is 0.561. The van der Waals surface area contributed by atoms with Crippen LogP contribution in [-0.2, 0) is 11.8 Å². The molecule has 0 amide bonds. The highest BCUT2D eigenvalue weighted by Gasteiger charge is 2.23. The third-order valence-electron chi connectivity index (χ3n) is 3.09. The normalized spacial score (nSPS) is 26.6. The van der Waals surface area contributed by atoms with Gasteiger partial charge in [0, 0.05) is 17.7 Å². The molecule has 0 N–H and O–H groups in total. The van der Waals surface area contributed by atoms with Gasteiger partial charge >= 0.3 is 0 Å². The highest BCUT2D eigenvalue weighted by Crippen LogP contribution is 2.30. The van der Waals surface area contributed by atoms with Crippen LogP contribution in [0.25, 0.3) is 0 Å². The van der Waals surface area contributed by atoms with Crippen molar-refractivity contribution in [3.8, 4) is 0 Å². The van der Waals surface area contributed by atoms with E-state index in [4.69, 9.17) is 0 Å². The molecule has 2 atom stereocenters. The van der Waals surface area contributed by atoms with E-state index in [9.17, 15) is 0 Å². The Morgan fingerprint density at radius 3 is 2.64 bits per heavy atom. The van der Waals surface area contributed by atoms with Gasteiger partial charge in [-0.25, -0.2) is 0 Å². The smallest absolute Gasteiger partial charge is 0.0625 e. The molecule has 0 aromatic heterocycles. The Kier molecular flexibility index (Phi) is 3.52. The minimum Gasteiger partial charge on any atom is -0.0625 e. The molecular weight excluding hydrogens is 188 g/mol. The van der Waals surface area contributed by atoms with Gasteiger partial charge in [-0.3, -0.25) is 0 Å². The molecule has 2 unspecified atom stereocenters. The Morgan fingerprint density at radius 1 is 1.21 bits per heavy atom. The summed E-state index contributed by atoms with van der Waals surface area (Å²) in [6.07, 6.45) is 4.37. The SMILES string of the molecule is CC1CCC(C[SH+]c2ccccc2)C1. The first-order valence-corrected chi connectivity index (χ1v) is 6.65. The highest BCUT2D eigenvalue weighted by atomic mass is 32.2. The van der Waals surface area contributed by atoms with Crippen LogP contribution in [0.15, 0.2) is 35.2 Å². The van der Waals surface area contributed by atoms with E-state index >= 15 is 0 Å². The van der Waals surface area contributed by atoms with Gasteiger partial charge < -0.3 is 0 Å². The van der Waals surface area contributed by atoms with Crippen LogP contribution < -0.4 is 0 Å². The zero-order valence-electron chi connectivity index (χ0n) is 8.82. The van der Waals surface area contributed by atoms with E-state index in [-0.39, 0.29) is 0 Å². The second kappa shape index (κ2) is 4.88. The lowest BCUT2D eigenvalue weighted by Crippen LogP contribution is -2.03. The molecule has 1 aliphatic rings. The molecule has 1 aliphatic carbocycles. The molecular formula is C13H19S+. The van der Waals surface area contributed by atoms with Crippen molar-refractivity contribution in [2.45, 2.75) is 31.1 Å². The predicted octanol–water partition coefficient (Wildman–Crippen LogP) is 3.30. The third kappa shape index (κ3) is 2.78. The lowest BCUT2D eigenvalue weighted by Gasteiger charge is -2.02. The van der Waals surface area contributed by atoms with Gasteiger partial charge in [-0.15, -0.1) is 0 Å². The van der Waals surface area contributed by atoms with Crippen molar-refractivity contribution in [2.24, 2.45) is 11.8 Å². The van der Waals surface area contributed by atoms with Gasteiger partial charge in [0.2, 0.25) is 0 Å². The maximum absolute atomic E-state index is 2.39. The zero-order chi connectivity index (χ0) is 9.80. The first-order chi connectivity index (χ1) is 6.84. The highest BCUT2D eigenvalue weighted by molar-refractivity contribution is 7.78. The van der Waals surface area contributed by atoms with Crippen molar-refractivity contribution in [3.63, 3.8) is 0 Å². The van der Waals surface area contributed by atoms with Crippen LogP contribution >= 0.6 is 0 Å². The Hall–Kier alpha value is -0.430. The summed E-state index contributed by atoms with van der Waals surface area (Å²) in [4.78, 5) is 1.48. The summed E-state index contributed by atoms with van der Waals surface area (Å²) in [5.74, 6) is 3.34. The quantitative estimate of drug-likeness (QED) is 0.527. The van der Waals surface area contributed by atoms with Crippen LogP contribution in [0.3, 0.4) is 0 Å². The van der Waals surface area contributed by atoms with Crippen LogP contribution in [0.2, 0.25) is 0 Å². The van der Waals surface area contributed by atoms with Crippen molar-refractivity contribution in [2.75, 3.05) is 5.75 Å². The minimum atomic E-state index is 0.978. The molecule has 0 spiro atoms. The molecule has 1 saturated carbocycles. The van der Waals surface area contributed by atoms with Gasteiger partial charge in [0.15, 0.2) is 4.90 Å². The summed E-state index contributed by atoms with van der Waals surface area (Å²) in [5, 5.41) is 0. The first-order valence-electron chi connectivity index (χ1n) is 5.57. The fourth-order valence-corrected chi connectivity index (χ4v) is 3.44. The van der Waals surface area contributed by atoms with Crippen LogP contribution in [-0.4, -0.2) is 5.75 Å². The monoisotopic (exact) mass is 207 g/mol. The molecule has 0 nitrogen and oxygen atoms in total. The largest absolute Gasteiger partial charge is 0.152 e. The van der Waals surface area contributed by atoms with E-state index in [1.54, 1.807) is 0 Å². The van der Waals surface area contributed by atoms with E-state index in [0.29, 0.717) is 0 Å². The van der Waals surface area contributed by atoms with Crippen molar-refractivity contribution in [1.29, 1.82) is 0 Å². The molecule has 14 heavy (non-hydrogen) atoms. The Morgan fingerprint density at radius 2 is 2.00 bits per heavy atom. The fraction of sp³-hybridized carbons (Fsp3) is 0.538. The molecule has 1 aromatic rings. The summed E-state index contributed by atoms with van der Waals surface area (Å²) < 4.78 is 0. The molecule has 0 radical (unpaired) electrons. The van der Waals surface area contributed by atoms with Gasteiger partial charge in [0.05, 0.1) is 0 Å². The van der Waals surface area contributed by atoms with Crippen molar-refractivity contribution in [3.05, 3.63) is 30.3 Å². The van der Waals surface area contributed by atoms with Crippen LogP contribution in [0.5, 0.6) is 0 Å². The summed E-state index contributed by atoms with van der Waals surface area (Å²) in [7, 11) is 0. The third-order valence-corrected chi connectivity index (χ3v) is 4.45. The average molecular weight is 207 g/mol. The minimum absolute atomic E-state index is 0.978. The van der Waals surface area contributed by atoms with Crippen molar-refractivity contribution >= 4 is 11.8 Å². The predicted molar refractivity (Wildman–Crippen MR) is 64.8 cm³/mol. The maximum atomic E-state index is 2.39. The molecule has 0 heterocycles. The molecule has 1 heteroatoms. The Bertz CT molecular complexity index is 268. The Balaban J connectivity index is 1.78. The molecule has 2 rings (SSSR count). The molecule has 0 bridgehead atoms. The number of thiol groups is 1. The van der Waals surface area contributed by atoms with Gasteiger partial charge in [-0.1, -0.05) is 31.5 Å². The van der Waals surface area contributed by atoms with Gasteiger partial charge in [-0.2, -0.15) is 0 Å². The molecule has 0 aliphatic heterocycles. The standard InChI is InChI=1S/C13H18S/c1-11-7-8-12(9-11)10-14-13-5-3-2-4-6-13/h2-6,11-12H,7-10H2,1H3/p+1. The van der Waals surface area contributed by atoms with Gasteiger partial charge in [0.25, 0.3) is 0 Å². The fourth-order valence-electron chi connectivity index (χ4n) is 2.26. The van der Waals surface area contributed by atoms with E-state index in [0.717, 1.165) is 11.8 Å².